The molecule has 1 aliphatic heterocycles. The van der Waals surface area contributed by atoms with Gasteiger partial charge in [-0.15, -0.1) is 0 Å². The minimum absolute atomic E-state index is 0.667. The second kappa shape index (κ2) is 5.60. The quantitative estimate of drug-likeness (QED) is 0.623. The van der Waals surface area contributed by atoms with E-state index in [0.29, 0.717) is 12.5 Å². The molecule has 1 heterocycles. The Labute approximate surface area is 78.7 Å². The van der Waals surface area contributed by atoms with Crippen molar-refractivity contribution < 1.29 is 4.79 Å². The van der Waals surface area contributed by atoms with E-state index in [0.717, 1.165) is 19.4 Å². The van der Waals surface area contributed by atoms with Crippen molar-refractivity contribution in [3.63, 3.8) is 0 Å². The maximum Gasteiger partial charge on any atom is 0.121 e. The monoisotopic (exact) mass is 187 g/mol. The highest BCUT2D eigenvalue weighted by atomic mass is 32.2. The van der Waals surface area contributed by atoms with Crippen LogP contribution in [0.2, 0.25) is 0 Å². The normalized spacial score (nSPS) is 26.6. The molecule has 0 spiro atoms. The molecule has 0 aromatic heterocycles. The van der Waals surface area contributed by atoms with Crippen LogP contribution in [0.5, 0.6) is 0 Å². The van der Waals surface area contributed by atoms with E-state index in [1.165, 1.54) is 17.9 Å². The zero-order chi connectivity index (χ0) is 8.81. The molecular weight excluding hydrogens is 170 g/mol. The first-order valence-corrected chi connectivity index (χ1v) is 5.75. The number of hydrogen-bond acceptors (Lipinski definition) is 3. The highest BCUT2D eigenvalue weighted by molar-refractivity contribution is 7.99. The van der Waals surface area contributed by atoms with E-state index < -0.39 is 0 Å². The number of hydrogen-bond donors (Lipinski definition) is 0. The van der Waals surface area contributed by atoms with E-state index in [1.54, 1.807) is 0 Å². The number of nitrogens with zero attached hydrogens (tertiary/aromatic N) is 1. The predicted octanol–water partition coefficient (Wildman–Crippen LogP) is 1.40. The summed E-state index contributed by atoms with van der Waals surface area (Å²) in [6, 6.07) is 0.667. The topological polar surface area (TPSA) is 20.3 Å². The maximum atomic E-state index is 10.2. The first kappa shape index (κ1) is 10.1. The number of aldehydes is 1. The number of carbonyl (C=O) groups excluding carboxylic acids is 1. The van der Waals surface area contributed by atoms with Gasteiger partial charge in [0.05, 0.1) is 0 Å². The lowest BCUT2D eigenvalue weighted by molar-refractivity contribution is -0.108. The fraction of sp³-hybridized carbons (Fsp3) is 0.889. The summed E-state index contributed by atoms with van der Waals surface area (Å²) in [5, 5.41) is 0. The first-order valence-electron chi connectivity index (χ1n) is 4.60. The summed E-state index contributed by atoms with van der Waals surface area (Å²) >= 11 is 2.03. The van der Waals surface area contributed by atoms with E-state index in [4.69, 9.17) is 0 Å². The molecule has 0 aromatic rings. The van der Waals surface area contributed by atoms with Crippen molar-refractivity contribution >= 4 is 18.0 Å². The summed E-state index contributed by atoms with van der Waals surface area (Å²) in [6.45, 7) is 4.36. The highest BCUT2D eigenvalue weighted by Crippen LogP contribution is 2.15. The van der Waals surface area contributed by atoms with E-state index >= 15 is 0 Å². The Morgan fingerprint density at radius 2 is 2.42 bits per heavy atom. The second-order valence-corrected chi connectivity index (χ2v) is 4.47. The second-order valence-electron chi connectivity index (χ2n) is 3.24. The van der Waals surface area contributed by atoms with Crippen LogP contribution >= 0.6 is 11.8 Å². The molecule has 1 saturated heterocycles. The Kier molecular flexibility index (Phi) is 4.69. The number of carbonyl (C=O) groups is 1. The van der Waals surface area contributed by atoms with Crippen molar-refractivity contribution in [1.82, 2.24) is 4.90 Å². The van der Waals surface area contributed by atoms with Crippen molar-refractivity contribution in [3.8, 4) is 0 Å². The third-order valence-electron chi connectivity index (χ3n) is 2.36. The van der Waals surface area contributed by atoms with Gasteiger partial charge >= 0.3 is 0 Å². The van der Waals surface area contributed by atoms with Crippen molar-refractivity contribution in [3.05, 3.63) is 0 Å². The Balaban J connectivity index is 2.31. The van der Waals surface area contributed by atoms with Gasteiger partial charge < -0.3 is 4.79 Å². The van der Waals surface area contributed by atoms with Crippen LogP contribution in [0.1, 0.15) is 19.8 Å². The molecule has 1 aliphatic rings. The molecule has 1 unspecified atom stereocenters. The lowest BCUT2D eigenvalue weighted by atomic mass is 10.2. The van der Waals surface area contributed by atoms with Gasteiger partial charge in [-0.3, -0.25) is 4.90 Å². The predicted molar refractivity (Wildman–Crippen MR) is 53.7 cm³/mol. The fourth-order valence-corrected chi connectivity index (χ4v) is 2.57. The van der Waals surface area contributed by atoms with Crippen LogP contribution < -0.4 is 0 Å². The Morgan fingerprint density at radius 3 is 3.17 bits per heavy atom. The van der Waals surface area contributed by atoms with Gasteiger partial charge in [-0.2, -0.15) is 11.8 Å². The van der Waals surface area contributed by atoms with Gasteiger partial charge in [0.25, 0.3) is 0 Å². The molecule has 2 nitrogen and oxygen atoms in total. The van der Waals surface area contributed by atoms with Gasteiger partial charge in [0, 0.05) is 31.3 Å². The molecule has 0 aliphatic carbocycles. The lowest BCUT2D eigenvalue weighted by Gasteiger charge is -2.25. The summed E-state index contributed by atoms with van der Waals surface area (Å²) in [5.74, 6) is 2.50. The van der Waals surface area contributed by atoms with Crippen molar-refractivity contribution in [2.75, 3.05) is 24.6 Å². The molecule has 1 rings (SSSR count). The molecule has 0 N–H and O–H groups in total. The molecule has 1 atom stereocenters. The van der Waals surface area contributed by atoms with Gasteiger partial charge in [0.1, 0.15) is 6.29 Å². The molecule has 1 fully saturated rings. The molecule has 3 heteroatoms. The molecule has 0 bridgehead atoms. The highest BCUT2D eigenvalue weighted by Gasteiger charge is 2.15. The van der Waals surface area contributed by atoms with Gasteiger partial charge in [-0.05, 0) is 19.1 Å². The third-order valence-corrected chi connectivity index (χ3v) is 3.36. The van der Waals surface area contributed by atoms with E-state index in [2.05, 4.69) is 11.8 Å². The molecule has 0 radical (unpaired) electrons. The largest absolute Gasteiger partial charge is 0.303 e. The molecule has 12 heavy (non-hydrogen) atoms. The van der Waals surface area contributed by atoms with Crippen LogP contribution in [-0.4, -0.2) is 41.8 Å². The average molecular weight is 187 g/mol. The Bertz CT molecular complexity index is 140. The Morgan fingerprint density at radius 1 is 1.58 bits per heavy atom. The van der Waals surface area contributed by atoms with Gasteiger partial charge in [-0.25, -0.2) is 0 Å². The molecule has 70 valence electrons. The van der Waals surface area contributed by atoms with Crippen LogP contribution in [0.3, 0.4) is 0 Å². The van der Waals surface area contributed by atoms with Crippen LogP contribution in [0, 0.1) is 0 Å². The summed E-state index contributed by atoms with van der Waals surface area (Å²) in [7, 11) is 0. The molecule has 0 amide bonds. The van der Waals surface area contributed by atoms with Crippen LogP contribution in [0.15, 0.2) is 0 Å². The zero-order valence-corrected chi connectivity index (χ0v) is 8.48. The fourth-order valence-electron chi connectivity index (χ4n) is 1.49. The lowest BCUT2D eigenvalue weighted by Crippen LogP contribution is -2.34. The molecule has 0 aromatic carbocycles. The molecular formula is C9H17NOS. The van der Waals surface area contributed by atoms with E-state index in [-0.39, 0.29) is 0 Å². The summed E-state index contributed by atoms with van der Waals surface area (Å²) in [6.07, 6.45) is 2.98. The van der Waals surface area contributed by atoms with Gasteiger partial charge in [0.2, 0.25) is 0 Å². The summed E-state index contributed by atoms with van der Waals surface area (Å²) < 4.78 is 0. The summed E-state index contributed by atoms with van der Waals surface area (Å²) in [5.41, 5.74) is 0. The molecule has 0 saturated carbocycles. The van der Waals surface area contributed by atoms with Crippen LogP contribution in [-0.2, 0) is 4.79 Å². The van der Waals surface area contributed by atoms with Gasteiger partial charge in [-0.1, -0.05) is 0 Å². The van der Waals surface area contributed by atoms with Crippen molar-refractivity contribution in [2.45, 2.75) is 25.8 Å². The Hall–Kier alpha value is -0.0200. The average Bonchev–Trinajstić information content (AvgIpc) is 2.27. The number of rotatable bonds is 3. The maximum absolute atomic E-state index is 10.2. The van der Waals surface area contributed by atoms with E-state index in [9.17, 15) is 4.79 Å². The minimum atomic E-state index is 0.667. The number of thioether (sulfide) groups is 1. The smallest absolute Gasteiger partial charge is 0.121 e. The standard InChI is InChI=1S/C9H17NOS/c1-9-3-7-12-8-5-10(9)4-2-6-11/h6,9H,2-5,7-8H2,1H3. The van der Waals surface area contributed by atoms with Crippen LogP contribution in [0.4, 0.5) is 0 Å². The third kappa shape index (κ3) is 3.15. The van der Waals surface area contributed by atoms with Crippen molar-refractivity contribution in [1.29, 1.82) is 0 Å². The first-order chi connectivity index (χ1) is 5.84. The minimum Gasteiger partial charge on any atom is -0.303 e. The van der Waals surface area contributed by atoms with Crippen molar-refractivity contribution in [2.24, 2.45) is 0 Å². The SMILES string of the molecule is CC1CCSCCN1CCC=O. The van der Waals surface area contributed by atoms with Gasteiger partial charge in [0.15, 0.2) is 0 Å². The summed E-state index contributed by atoms with van der Waals surface area (Å²) in [4.78, 5) is 12.6. The van der Waals surface area contributed by atoms with Crippen LogP contribution in [0.25, 0.3) is 0 Å². The van der Waals surface area contributed by atoms with E-state index in [1.807, 2.05) is 11.8 Å². The zero-order valence-electron chi connectivity index (χ0n) is 7.66.